The Morgan fingerprint density at radius 1 is 1.44 bits per heavy atom. The molecule has 2 N–H and O–H groups in total. The number of piperazine rings is 1. The molecule has 3 rings (SSSR count). The maximum Gasteiger partial charge on any atom is 0.237 e. The molecule has 0 aliphatic carbocycles. The van der Waals surface area contributed by atoms with Gasteiger partial charge in [0.15, 0.2) is 0 Å². The standard InChI is InChI=1S/C19H22FN3O4/c1-26-14-5-4-13(16(20)9-14)12-23-7-6-21-19(25)17(23)10-18(24)22-11-15-3-2-8-27-15/h2-5,8-9,17H,6-7,10-12H2,1H3,(H,21,25)(H,22,24)/t17-/m1/s1. The molecule has 2 amide bonds. The molecule has 1 aliphatic rings. The van der Waals surface area contributed by atoms with E-state index >= 15 is 0 Å². The second-order valence-corrected chi connectivity index (χ2v) is 6.29. The van der Waals surface area contributed by atoms with E-state index in [1.165, 1.54) is 19.4 Å². The van der Waals surface area contributed by atoms with Crippen LogP contribution in [-0.4, -0.2) is 43.0 Å². The molecule has 0 unspecified atom stereocenters. The summed E-state index contributed by atoms with van der Waals surface area (Å²) in [4.78, 5) is 26.3. The highest BCUT2D eigenvalue weighted by Crippen LogP contribution is 2.20. The number of benzene rings is 1. The summed E-state index contributed by atoms with van der Waals surface area (Å²) >= 11 is 0. The van der Waals surface area contributed by atoms with Gasteiger partial charge < -0.3 is 19.8 Å². The van der Waals surface area contributed by atoms with Crippen LogP contribution < -0.4 is 15.4 Å². The summed E-state index contributed by atoms with van der Waals surface area (Å²) in [7, 11) is 1.47. The van der Waals surface area contributed by atoms with Crippen LogP contribution in [0.1, 0.15) is 17.7 Å². The van der Waals surface area contributed by atoms with E-state index in [-0.39, 0.29) is 31.3 Å². The highest BCUT2D eigenvalue weighted by atomic mass is 19.1. The van der Waals surface area contributed by atoms with Crippen LogP contribution >= 0.6 is 0 Å². The van der Waals surface area contributed by atoms with E-state index in [0.29, 0.717) is 30.2 Å². The maximum absolute atomic E-state index is 14.3. The van der Waals surface area contributed by atoms with E-state index in [1.54, 1.807) is 24.3 Å². The zero-order valence-corrected chi connectivity index (χ0v) is 15.0. The van der Waals surface area contributed by atoms with Crippen LogP contribution in [0.3, 0.4) is 0 Å². The van der Waals surface area contributed by atoms with Gasteiger partial charge in [0.25, 0.3) is 0 Å². The number of furan rings is 1. The highest BCUT2D eigenvalue weighted by Gasteiger charge is 2.32. The van der Waals surface area contributed by atoms with E-state index in [4.69, 9.17) is 9.15 Å². The number of methoxy groups -OCH3 is 1. The summed E-state index contributed by atoms with van der Waals surface area (Å²) in [5.74, 6) is 0.161. The fourth-order valence-electron chi connectivity index (χ4n) is 3.02. The van der Waals surface area contributed by atoms with Crippen molar-refractivity contribution in [2.24, 2.45) is 0 Å². The normalized spacial score (nSPS) is 17.4. The van der Waals surface area contributed by atoms with Crippen LogP contribution in [0.15, 0.2) is 41.0 Å². The minimum atomic E-state index is -0.656. The molecule has 0 radical (unpaired) electrons. The summed E-state index contributed by atoms with van der Waals surface area (Å²) in [5.41, 5.74) is 0.450. The Kier molecular flexibility index (Phi) is 6.08. The number of halogens is 1. The monoisotopic (exact) mass is 375 g/mol. The Labute approximate surface area is 156 Å². The van der Waals surface area contributed by atoms with Gasteiger partial charge in [-0.1, -0.05) is 6.07 Å². The van der Waals surface area contributed by atoms with Crippen LogP contribution in [0.5, 0.6) is 5.75 Å². The van der Waals surface area contributed by atoms with Crippen molar-refractivity contribution in [2.45, 2.75) is 25.6 Å². The number of nitrogens with zero attached hydrogens (tertiary/aromatic N) is 1. The number of rotatable bonds is 7. The third kappa shape index (κ3) is 4.85. The number of hydrogen-bond acceptors (Lipinski definition) is 5. The number of ether oxygens (including phenoxy) is 1. The maximum atomic E-state index is 14.3. The molecule has 0 spiro atoms. The molecule has 144 valence electrons. The van der Waals surface area contributed by atoms with Crippen molar-refractivity contribution in [3.63, 3.8) is 0 Å². The summed E-state index contributed by atoms with van der Waals surface area (Å²) < 4.78 is 24.4. The summed E-state index contributed by atoms with van der Waals surface area (Å²) in [6, 6.07) is 7.46. The molecule has 7 nitrogen and oxygen atoms in total. The molecule has 1 aliphatic heterocycles. The lowest BCUT2D eigenvalue weighted by atomic mass is 10.1. The zero-order chi connectivity index (χ0) is 19.2. The molecule has 1 fully saturated rings. The van der Waals surface area contributed by atoms with E-state index in [9.17, 15) is 14.0 Å². The average Bonchev–Trinajstić information content (AvgIpc) is 3.18. The number of nitrogens with one attached hydrogen (secondary N) is 2. The van der Waals surface area contributed by atoms with Crippen LogP contribution in [-0.2, 0) is 22.7 Å². The van der Waals surface area contributed by atoms with Gasteiger partial charge >= 0.3 is 0 Å². The predicted molar refractivity (Wildman–Crippen MR) is 95.3 cm³/mol. The Morgan fingerprint density at radius 2 is 2.30 bits per heavy atom. The molecule has 1 aromatic heterocycles. The minimum Gasteiger partial charge on any atom is -0.497 e. The Hall–Kier alpha value is -2.87. The van der Waals surface area contributed by atoms with Crippen LogP contribution in [0.25, 0.3) is 0 Å². The topological polar surface area (TPSA) is 83.8 Å². The average molecular weight is 375 g/mol. The van der Waals surface area contributed by atoms with Crippen molar-refractivity contribution in [1.29, 1.82) is 0 Å². The van der Waals surface area contributed by atoms with Crippen molar-refractivity contribution < 1.29 is 23.1 Å². The number of amides is 2. The van der Waals surface area contributed by atoms with Crippen LogP contribution in [0.2, 0.25) is 0 Å². The SMILES string of the molecule is COc1ccc(CN2CCNC(=O)[C@H]2CC(=O)NCc2ccco2)c(F)c1. The van der Waals surface area contributed by atoms with Crippen LogP contribution in [0, 0.1) is 5.82 Å². The van der Waals surface area contributed by atoms with E-state index in [2.05, 4.69) is 10.6 Å². The first-order valence-electron chi connectivity index (χ1n) is 8.70. The fraction of sp³-hybridized carbons (Fsp3) is 0.368. The number of carbonyl (C=O) groups excluding carboxylic acids is 2. The summed E-state index contributed by atoms with van der Waals surface area (Å²) in [6.45, 7) is 1.49. The molecular weight excluding hydrogens is 353 g/mol. The molecule has 0 saturated carbocycles. The Balaban J connectivity index is 1.64. The lowest BCUT2D eigenvalue weighted by Gasteiger charge is -2.34. The summed E-state index contributed by atoms with van der Waals surface area (Å²) in [5, 5.41) is 5.50. The van der Waals surface area contributed by atoms with Gasteiger partial charge in [-0.05, 0) is 18.2 Å². The van der Waals surface area contributed by atoms with Crippen molar-refractivity contribution in [2.75, 3.05) is 20.2 Å². The summed E-state index contributed by atoms with van der Waals surface area (Å²) in [6.07, 6.45) is 1.52. The van der Waals surface area contributed by atoms with Gasteiger partial charge in [-0.2, -0.15) is 0 Å². The van der Waals surface area contributed by atoms with Crippen molar-refractivity contribution in [3.05, 3.63) is 53.7 Å². The first kappa shape index (κ1) is 18.9. The molecule has 8 heteroatoms. The van der Waals surface area contributed by atoms with E-state index in [0.717, 1.165) is 0 Å². The van der Waals surface area contributed by atoms with E-state index in [1.807, 2.05) is 4.90 Å². The number of hydrogen-bond donors (Lipinski definition) is 2. The third-order valence-corrected chi connectivity index (χ3v) is 4.49. The molecule has 1 aromatic carbocycles. The van der Waals surface area contributed by atoms with Crippen molar-refractivity contribution >= 4 is 11.8 Å². The molecule has 1 atom stereocenters. The predicted octanol–water partition coefficient (Wildman–Crippen LogP) is 1.43. The molecule has 27 heavy (non-hydrogen) atoms. The second kappa shape index (κ2) is 8.68. The van der Waals surface area contributed by atoms with Gasteiger partial charge in [-0.3, -0.25) is 14.5 Å². The first-order chi connectivity index (χ1) is 13.1. The minimum absolute atomic E-state index is 0.00961. The zero-order valence-electron chi connectivity index (χ0n) is 15.0. The quantitative estimate of drug-likeness (QED) is 0.765. The molecule has 2 heterocycles. The Morgan fingerprint density at radius 3 is 3.00 bits per heavy atom. The largest absolute Gasteiger partial charge is 0.497 e. The lowest BCUT2D eigenvalue weighted by Crippen LogP contribution is -2.56. The smallest absolute Gasteiger partial charge is 0.237 e. The van der Waals surface area contributed by atoms with E-state index < -0.39 is 11.9 Å². The fourth-order valence-corrected chi connectivity index (χ4v) is 3.02. The van der Waals surface area contributed by atoms with Crippen molar-refractivity contribution in [3.8, 4) is 5.75 Å². The van der Waals surface area contributed by atoms with Gasteiger partial charge in [0.1, 0.15) is 17.3 Å². The van der Waals surface area contributed by atoms with Crippen LogP contribution in [0.4, 0.5) is 4.39 Å². The second-order valence-electron chi connectivity index (χ2n) is 6.29. The molecule has 2 aromatic rings. The highest BCUT2D eigenvalue weighted by molar-refractivity contribution is 5.88. The first-order valence-corrected chi connectivity index (χ1v) is 8.70. The Bertz CT molecular complexity index is 794. The van der Waals surface area contributed by atoms with Gasteiger partial charge in [0.05, 0.1) is 32.4 Å². The third-order valence-electron chi connectivity index (χ3n) is 4.49. The lowest BCUT2D eigenvalue weighted by molar-refractivity contribution is -0.134. The van der Waals surface area contributed by atoms with Gasteiger partial charge in [0.2, 0.25) is 11.8 Å². The molecule has 0 bridgehead atoms. The molecule has 1 saturated heterocycles. The number of carbonyl (C=O) groups is 2. The molecular formula is C19H22FN3O4. The van der Waals surface area contributed by atoms with Gasteiger partial charge in [-0.25, -0.2) is 4.39 Å². The van der Waals surface area contributed by atoms with Gasteiger partial charge in [-0.15, -0.1) is 0 Å². The van der Waals surface area contributed by atoms with Crippen molar-refractivity contribution in [1.82, 2.24) is 15.5 Å². The van der Waals surface area contributed by atoms with Gasteiger partial charge in [0, 0.05) is 31.3 Å².